The quantitative estimate of drug-likeness (QED) is 0.0592. The maximum Gasteiger partial charge on any atom is 0.295 e. The average molecular weight is 905 g/mol. The maximum absolute atomic E-state index is 14.1. The molecule has 0 atom stereocenters. The third kappa shape index (κ3) is 9.86. The molecule has 0 saturated carbocycles. The number of fused-ring (bicyclic) bond motifs is 1. The van der Waals surface area contributed by atoms with Crippen LogP contribution < -0.4 is 19.8 Å². The molecule has 4 heterocycles. The second-order valence-corrected chi connectivity index (χ2v) is 21.2. The number of hydrazine groups is 1. The second kappa shape index (κ2) is 17.5. The molecule has 5 N–H and O–H groups in total. The number of benzene rings is 3. The van der Waals surface area contributed by atoms with Gasteiger partial charge in [0.2, 0.25) is 0 Å². The first-order valence-electron chi connectivity index (χ1n) is 20.3. The fraction of sp³-hybridized carbons (Fsp3) is 0.349. The number of nitro groups is 1. The zero-order valence-electron chi connectivity index (χ0n) is 34.3. The van der Waals surface area contributed by atoms with Crippen LogP contribution in [0.2, 0.25) is 5.02 Å². The number of para-hydroxylation sites is 1. The minimum atomic E-state index is -4.74. The van der Waals surface area contributed by atoms with E-state index in [9.17, 15) is 32.4 Å². The summed E-state index contributed by atoms with van der Waals surface area (Å²) in [6, 6.07) is 20.2. The molecule has 3 aliphatic rings. The molecule has 328 valence electrons. The number of rotatable bonds is 12. The zero-order valence-corrected chi connectivity index (χ0v) is 36.7. The third-order valence-electron chi connectivity index (χ3n) is 11.7. The van der Waals surface area contributed by atoms with E-state index in [-0.39, 0.29) is 47.0 Å². The van der Waals surface area contributed by atoms with Gasteiger partial charge in [0, 0.05) is 80.2 Å². The molecular formula is C43H49ClN8O8S2. The van der Waals surface area contributed by atoms with E-state index in [0.717, 1.165) is 67.1 Å². The van der Waals surface area contributed by atoms with Crippen LogP contribution in [-0.2, 0) is 10.0 Å². The molecule has 2 aliphatic heterocycles. The highest BCUT2D eigenvalue weighted by atomic mass is 35.5. The number of hydrogen-bond acceptors (Lipinski definition) is 13. The van der Waals surface area contributed by atoms with Crippen LogP contribution in [0.3, 0.4) is 0 Å². The minimum absolute atomic E-state index is 0.00328. The molecule has 0 bridgehead atoms. The van der Waals surface area contributed by atoms with Gasteiger partial charge < -0.3 is 20.0 Å². The Balaban J connectivity index is 1.04. The monoisotopic (exact) mass is 904 g/mol. The van der Waals surface area contributed by atoms with Crippen molar-refractivity contribution < 1.29 is 32.0 Å². The van der Waals surface area contributed by atoms with E-state index < -0.39 is 42.0 Å². The van der Waals surface area contributed by atoms with Crippen LogP contribution in [0.4, 0.5) is 17.1 Å². The van der Waals surface area contributed by atoms with Gasteiger partial charge in [0.1, 0.15) is 27.7 Å². The van der Waals surface area contributed by atoms with E-state index in [2.05, 4.69) is 55.9 Å². The van der Waals surface area contributed by atoms with Crippen LogP contribution >= 0.6 is 22.2 Å². The van der Waals surface area contributed by atoms with E-state index in [4.69, 9.17) is 16.3 Å². The van der Waals surface area contributed by atoms with E-state index in [1.807, 2.05) is 18.2 Å². The highest BCUT2D eigenvalue weighted by Crippen LogP contribution is 2.44. The number of pyridine rings is 1. The normalized spacial score (nSPS) is 19.0. The molecule has 1 amide bonds. The van der Waals surface area contributed by atoms with Gasteiger partial charge in [0.05, 0.1) is 28.2 Å². The second-order valence-electron chi connectivity index (χ2n) is 16.7. The number of nitrogens with one attached hydrogen (secondary N) is 3. The predicted octanol–water partition coefficient (Wildman–Crippen LogP) is 8.21. The summed E-state index contributed by atoms with van der Waals surface area (Å²) in [5.41, 5.74) is 7.50. The Morgan fingerprint density at radius 3 is 2.48 bits per heavy atom. The number of ether oxygens (including phenoxy) is 1. The number of H-pyrrole nitrogens is 1. The topological polar surface area (TPSA) is 206 Å². The fourth-order valence-electron chi connectivity index (χ4n) is 8.22. The molecule has 0 radical (unpaired) electrons. The summed E-state index contributed by atoms with van der Waals surface area (Å²) < 4.78 is 56.6. The molecule has 0 spiro atoms. The summed E-state index contributed by atoms with van der Waals surface area (Å²) in [7, 11) is -7.55. The summed E-state index contributed by atoms with van der Waals surface area (Å²) in [6.45, 7) is 8.68. The molecule has 2 saturated heterocycles. The molecular weight excluding hydrogens is 856 g/mol. The summed E-state index contributed by atoms with van der Waals surface area (Å²) in [5, 5.41) is 15.1. The molecule has 1 aliphatic carbocycles. The van der Waals surface area contributed by atoms with Gasteiger partial charge in [0.15, 0.2) is 0 Å². The molecule has 5 aromatic rings. The van der Waals surface area contributed by atoms with Crippen molar-refractivity contribution in [1.82, 2.24) is 24.6 Å². The molecule has 62 heavy (non-hydrogen) atoms. The summed E-state index contributed by atoms with van der Waals surface area (Å²) in [6.07, 6.45) is 6.40. The first-order valence-corrected chi connectivity index (χ1v) is 24.1. The minimum Gasteiger partial charge on any atom is -0.455 e. The van der Waals surface area contributed by atoms with Gasteiger partial charge in [-0.25, -0.2) is 23.1 Å². The number of piperazine rings is 1. The Hall–Kier alpha value is -5.21. The number of allylic oxidation sites excluding steroid dienone is 1. The van der Waals surface area contributed by atoms with E-state index >= 15 is 0 Å². The lowest BCUT2D eigenvalue weighted by atomic mass is 9.72. The Morgan fingerprint density at radius 2 is 1.76 bits per heavy atom. The molecule has 2 fully saturated rings. The molecule has 16 nitrogen and oxygen atoms in total. The van der Waals surface area contributed by atoms with Gasteiger partial charge in [-0.05, 0) is 78.3 Å². The van der Waals surface area contributed by atoms with Gasteiger partial charge in [-0.15, -0.1) is 0 Å². The van der Waals surface area contributed by atoms with Gasteiger partial charge in [-0.2, -0.15) is 10.6 Å². The van der Waals surface area contributed by atoms with Crippen molar-refractivity contribution in [2.24, 2.45) is 5.41 Å². The number of halogens is 1. The van der Waals surface area contributed by atoms with Crippen LogP contribution in [0.1, 0.15) is 49.0 Å². The standard InChI is InChI=1S/C43H49ClN8O8S2/c1-43(2)14-12-31(36(26-43)29-6-8-32(44)9-7-29)28-49-16-18-50(19-17-49)33-10-11-35(38(25-33)60-34-24-30-13-15-45-41(30)46-27-34)42(53)48-62(58,59)39-5-3-4-37(52(54)55)40(39)47-51-20-22-61(56,57)23-21-51/h3-11,13,15,24-25,27,47,56-57H,12,14,16-23,26,28H2,1-2H3,(H,45,46)(H,48,53). The van der Waals surface area contributed by atoms with Crippen molar-refractivity contribution in [3.63, 3.8) is 0 Å². The van der Waals surface area contributed by atoms with Crippen LogP contribution in [0.25, 0.3) is 16.6 Å². The molecule has 3 aromatic carbocycles. The Morgan fingerprint density at radius 1 is 1.02 bits per heavy atom. The number of hydrogen-bond donors (Lipinski definition) is 5. The third-order valence-corrected chi connectivity index (χ3v) is 15.0. The van der Waals surface area contributed by atoms with Crippen LogP contribution in [0, 0.1) is 15.5 Å². The summed E-state index contributed by atoms with van der Waals surface area (Å²) in [5.74, 6) is -0.606. The number of amides is 1. The number of carbonyl (C=O) groups is 1. The molecule has 0 unspecified atom stereocenters. The van der Waals surface area contributed by atoms with Crippen LogP contribution in [-0.4, -0.2) is 106 Å². The van der Waals surface area contributed by atoms with Gasteiger partial charge in [-0.3, -0.25) is 28.9 Å². The van der Waals surface area contributed by atoms with Crippen LogP contribution in [0.5, 0.6) is 11.5 Å². The number of sulfonamides is 1. The molecule has 19 heteroatoms. The lowest BCUT2D eigenvalue weighted by Crippen LogP contribution is -2.47. The van der Waals surface area contributed by atoms with E-state index in [1.165, 1.54) is 40.0 Å². The summed E-state index contributed by atoms with van der Waals surface area (Å²) >= 11 is 6.24. The van der Waals surface area contributed by atoms with Gasteiger partial charge in [0.25, 0.3) is 21.6 Å². The van der Waals surface area contributed by atoms with Crippen molar-refractivity contribution in [3.05, 3.63) is 117 Å². The smallest absolute Gasteiger partial charge is 0.295 e. The summed E-state index contributed by atoms with van der Waals surface area (Å²) in [4.78, 5) is 37.0. The Labute approximate surface area is 366 Å². The van der Waals surface area contributed by atoms with Crippen molar-refractivity contribution >= 4 is 71.8 Å². The Bertz CT molecular complexity index is 2640. The van der Waals surface area contributed by atoms with Gasteiger partial charge >= 0.3 is 0 Å². The van der Waals surface area contributed by atoms with Crippen molar-refractivity contribution in [1.29, 1.82) is 0 Å². The van der Waals surface area contributed by atoms with Crippen molar-refractivity contribution in [2.45, 2.75) is 38.0 Å². The highest BCUT2D eigenvalue weighted by Gasteiger charge is 2.33. The number of aromatic amines is 1. The fourth-order valence-corrected chi connectivity index (χ4v) is 10.7. The number of aromatic nitrogens is 2. The van der Waals surface area contributed by atoms with E-state index in [1.54, 1.807) is 24.4 Å². The largest absolute Gasteiger partial charge is 0.455 e. The van der Waals surface area contributed by atoms with Crippen molar-refractivity contribution in [3.8, 4) is 11.5 Å². The molecule has 8 rings (SSSR count). The van der Waals surface area contributed by atoms with Crippen molar-refractivity contribution in [2.75, 3.05) is 67.6 Å². The lowest BCUT2D eigenvalue weighted by molar-refractivity contribution is -0.384. The average Bonchev–Trinajstić information content (AvgIpc) is 3.71. The molecule has 2 aromatic heterocycles. The number of nitro benzene ring substituents is 1. The lowest BCUT2D eigenvalue weighted by Gasteiger charge is -2.41. The maximum atomic E-state index is 14.1. The van der Waals surface area contributed by atoms with Crippen LogP contribution in [0.15, 0.2) is 95.7 Å². The number of nitrogens with zero attached hydrogens (tertiary/aromatic N) is 5. The van der Waals surface area contributed by atoms with E-state index in [0.29, 0.717) is 24.5 Å². The SMILES string of the molecule is CC1(C)CCC(CN2CCN(c3ccc(C(=O)NS(=O)(=O)c4cccc([N+](=O)[O-])c4NN4CCS(O)(O)CC4)c(Oc4cnc5[nH]ccc5c4)c3)CC2)=C(c2ccc(Cl)cc2)C1. The van der Waals surface area contributed by atoms with Gasteiger partial charge in [-0.1, -0.05) is 49.2 Å². The highest BCUT2D eigenvalue weighted by molar-refractivity contribution is 8.24. The first kappa shape index (κ1) is 43.4. The zero-order chi connectivity index (χ0) is 43.8. The predicted molar refractivity (Wildman–Crippen MR) is 243 cm³/mol. The number of anilines is 2. The first-order chi connectivity index (χ1) is 29.5. The number of carbonyl (C=O) groups excluding carboxylic acids is 1. The Kier molecular flexibility index (Phi) is 12.3.